The number of carbonyl (C=O) groups is 9. The second-order valence-electron chi connectivity index (χ2n) is 39.2. The van der Waals surface area contributed by atoms with E-state index in [9.17, 15) is 43.2 Å². The van der Waals surface area contributed by atoms with Gasteiger partial charge >= 0.3 is 47.8 Å². The topological polar surface area (TPSA) is 246 Å². The van der Waals surface area contributed by atoms with E-state index >= 15 is 0 Å². The van der Waals surface area contributed by atoms with Gasteiger partial charge in [0.05, 0.1) is 47.3 Å². The first-order chi connectivity index (χ1) is 51.2. The van der Waals surface area contributed by atoms with Crippen LogP contribution in [0.25, 0.3) is 0 Å². The first kappa shape index (κ1) is 84.3. The zero-order chi connectivity index (χ0) is 77.7. The third-order valence-electron chi connectivity index (χ3n) is 30.0. The monoisotopic (exact) mass is 1510 g/mol. The molecule has 0 aromatic heterocycles. The minimum Gasteiger partial charge on any atom is -0.462 e. The highest BCUT2D eigenvalue weighted by Gasteiger charge is 2.57. The molecule has 610 valence electrons. The molecule has 18 saturated carbocycles. The van der Waals surface area contributed by atoms with E-state index in [1.165, 1.54) is 109 Å². The fourth-order valence-corrected chi connectivity index (χ4v) is 24.3. The van der Waals surface area contributed by atoms with Gasteiger partial charge in [-0.1, -0.05) is 34.1 Å². The summed E-state index contributed by atoms with van der Waals surface area (Å²) in [5, 5.41) is 0. The summed E-state index contributed by atoms with van der Waals surface area (Å²) in [6, 6.07) is 0. The Kier molecular flexibility index (Phi) is 27.6. The molecule has 108 heavy (non-hydrogen) atoms. The fourth-order valence-electron chi connectivity index (χ4n) is 24.3. The molecule has 0 amide bonds. The maximum absolute atomic E-state index is 13.0. The Morgan fingerprint density at radius 2 is 0.704 bits per heavy atom. The summed E-state index contributed by atoms with van der Waals surface area (Å²) >= 11 is 0. The van der Waals surface area contributed by atoms with Gasteiger partial charge in [-0.3, -0.25) is 43.2 Å². The van der Waals surface area contributed by atoms with E-state index in [1.54, 1.807) is 34.6 Å². The summed E-state index contributed by atoms with van der Waals surface area (Å²) in [4.78, 5) is 114. The lowest BCUT2D eigenvalue weighted by Gasteiger charge is -2.55. The van der Waals surface area contributed by atoms with Gasteiger partial charge in [0.1, 0.15) is 40.9 Å². The number of ether oxygens (including phenoxy) is 10. The standard InChI is InChI=1S/C24H38O4.C23H34O5.2C21H34O5/c1-4-23(2,22(26)28-24(3)8-6-5-7-9-24)15-20(25)27-21-18-11-16-10-17(13-18)14-19(21)12-16;1-3-22(2,21(26)27-19-6-4-5-18(24)10-19)14-20(25)28-23-11-15-7-16(12-23)9-17(8-15)13-23;1-5-20(4,19(23)25-14(3)24-6-2)13-18(22)26-21-10-15-7-16(11-21)9-17(8-15)12-21;1-5-21(4,20(23)25-13(3)24-6-2)12-18(22)26-19-16-8-14-7-15(10-16)11-17(19)9-14/h16-19,21H,4-15H2,1-3H3;15-17,19H,3-14H2,1-2H3;14-17H,5-13H2,1-4H3;13-17,19H,5-12H2,1-4H3. The normalized spacial score (nSPS) is 37.0. The molecule has 18 fully saturated rings. The first-order valence-electron chi connectivity index (χ1n) is 43.6. The molecule has 0 saturated heterocycles. The smallest absolute Gasteiger partial charge is 0.314 e. The number of carbonyl (C=O) groups excluding carboxylic acids is 9. The van der Waals surface area contributed by atoms with Crippen LogP contribution in [0.5, 0.6) is 0 Å². The van der Waals surface area contributed by atoms with Crippen molar-refractivity contribution in [3.63, 3.8) is 0 Å². The molecule has 0 aromatic carbocycles. The van der Waals surface area contributed by atoms with E-state index in [2.05, 4.69) is 0 Å². The lowest BCUT2D eigenvalue weighted by Crippen LogP contribution is -2.53. The second kappa shape index (κ2) is 35.4. The zero-order valence-corrected chi connectivity index (χ0v) is 68.7. The van der Waals surface area contributed by atoms with E-state index in [0.29, 0.717) is 93.2 Å². The molecule has 18 aliphatic carbocycles. The van der Waals surface area contributed by atoms with Gasteiger partial charge in [-0.2, -0.15) is 0 Å². The molecule has 18 rings (SSSR count). The van der Waals surface area contributed by atoms with Crippen LogP contribution in [0.3, 0.4) is 0 Å². The molecule has 0 aliphatic heterocycles. The van der Waals surface area contributed by atoms with E-state index in [-0.39, 0.29) is 114 Å². The van der Waals surface area contributed by atoms with Gasteiger partial charge in [0.15, 0.2) is 12.6 Å². The predicted octanol–water partition coefficient (Wildman–Crippen LogP) is 18.1. The zero-order valence-electron chi connectivity index (χ0n) is 68.7. The highest BCUT2D eigenvalue weighted by molar-refractivity contribution is 5.86. The first-order valence-corrected chi connectivity index (χ1v) is 43.6. The fraction of sp³-hybridized carbons (Fsp3) is 0.899. The van der Waals surface area contributed by atoms with Crippen LogP contribution in [0.15, 0.2) is 0 Å². The number of Topliss-reactive ketones (excluding diaryl/α,β-unsaturated/α-hetero) is 1. The number of hydrogen-bond acceptors (Lipinski definition) is 19. The molecule has 18 aliphatic rings. The van der Waals surface area contributed by atoms with Crippen LogP contribution in [0.2, 0.25) is 0 Å². The highest BCUT2D eigenvalue weighted by atomic mass is 16.7. The van der Waals surface area contributed by atoms with Gasteiger partial charge in [0.25, 0.3) is 0 Å². The number of ketones is 1. The van der Waals surface area contributed by atoms with Crippen molar-refractivity contribution < 1.29 is 90.5 Å². The van der Waals surface area contributed by atoms with Gasteiger partial charge in [-0.25, -0.2) is 0 Å². The summed E-state index contributed by atoms with van der Waals surface area (Å²) in [6.45, 7) is 25.0. The van der Waals surface area contributed by atoms with Crippen LogP contribution in [-0.4, -0.2) is 114 Å². The van der Waals surface area contributed by atoms with E-state index < -0.39 is 34.2 Å². The molecule has 0 radical (unpaired) electrons. The van der Waals surface area contributed by atoms with Gasteiger partial charge in [0.2, 0.25) is 0 Å². The third-order valence-corrected chi connectivity index (χ3v) is 30.0. The Hall–Kier alpha value is -4.65. The van der Waals surface area contributed by atoms with Crippen molar-refractivity contribution in [1.29, 1.82) is 0 Å². The third kappa shape index (κ3) is 20.6. The second-order valence-corrected chi connectivity index (χ2v) is 39.2. The van der Waals surface area contributed by atoms with Crippen LogP contribution in [0, 0.1) is 105 Å². The van der Waals surface area contributed by atoms with Crippen molar-refractivity contribution in [1.82, 2.24) is 0 Å². The lowest BCUT2D eigenvalue weighted by molar-refractivity contribution is -0.197. The van der Waals surface area contributed by atoms with Crippen LogP contribution in [-0.2, 0) is 90.5 Å². The minimum atomic E-state index is -0.889. The van der Waals surface area contributed by atoms with Crippen LogP contribution >= 0.6 is 0 Å². The van der Waals surface area contributed by atoms with Crippen LogP contribution < -0.4 is 0 Å². The molecule has 0 N–H and O–H groups in total. The van der Waals surface area contributed by atoms with E-state index in [0.717, 1.165) is 118 Å². The molecule has 0 spiro atoms. The quantitative estimate of drug-likeness (QED) is 0.0401. The molecule has 7 unspecified atom stereocenters. The molecule has 16 bridgehead atoms. The number of rotatable bonds is 28. The minimum absolute atomic E-state index is 0.0603. The van der Waals surface area contributed by atoms with Crippen molar-refractivity contribution >= 4 is 53.5 Å². The SMILES string of the molecule is CCC(C)(CC(=O)OC12CC3CC(CC(C3)C1)C2)C(=O)OC1CCCC(=O)C1.CCC(C)(CC(=O)OC1C2CC3CC(C2)CC1C3)C(=O)OC1(C)CCCCC1.CCOC(C)OC(=O)C(C)(CC)CC(=O)OC12CC3CC(CC(C3)C1)C2.CCOC(C)OC(=O)C(C)(CC)CC(=O)OC1C2CC3CC(C2)CC1C3. The Labute approximate surface area is 646 Å². The number of esters is 8. The summed E-state index contributed by atoms with van der Waals surface area (Å²) in [6.07, 6.45) is 35.3. The van der Waals surface area contributed by atoms with Gasteiger partial charge < -0.3 is 47.4 Å². The van der Waals surface area contributed by atoms with E-state index in [4.69, 9.17) is 47.4 Å². The average molecular weight is 1510 g/mol. The molecule has 19 heteroatoms. The Morgan fingerprint density at radius 1 is 0.389 bits per heavy atom. The van der Waals surface area contributed by atoms with Crippen molar-refractivity contribution in [3.8, 4) is 0 Å². The van der Waals surface area contributed by atoms with Gasteiger partial charge in [0, 0.05) is 26.1 Å². The molecule has 7 atom stereocenters. The Morgan fingerprint density at radius 3 is 1.03 bits per heavy atom. The molecular formula is C89H140O19. The van der Waals surface area contributed by atoms with E-state index in [1.807, 2.05) is 55.4 Å². The highest BCUT2D eigenvalue weighted by Crippen LogP contribution is 2.60. The van der Waals surface area contributed by atoms with Gasteiger partial charge in [-0.15, -0.1) is 0 Å². The summed E-state index contributed by atoms with van der Waals surface area (Å²) < 4.78 is 57.1. The maximum Gasteiger partial charge on any atom is 0.314 e. The van der Waals surface area contributed by atoms with Crippen molar-refractivity contribution in [2.24, 2.45) is 105 Å². The summed E-state index contributed by atoms with van der Waals surface area (Å²) in [7, 11) is 0. The van der Waals surface area contributed by atoms with Crippen LogP contribution in [0.4, 0.5) is 0 Å². The molecule has 0 heterocycles. The van der Waals surface area contributed by atoms with Crippen molar-refractivity contribution in [3.05, 3.63) is 0 Å². The number of hydrogen-bond donors (Lipinski definition) is 0. The predicted molar refractivity (Wildman–Crippen MR) is 405 cm³/mol. The van der Waals surface area contributed by atoms with Crippen molar-refractivity contribution in [2.75, 3.05) is 13.2 Å². The Bertz CT molecular complexity index is 3020. The molecule has 0 aromatic rings. The van der Waals surface area contributed by atoms with Crippen molar-refractivity contribution in [2.45, 2.75) is 388 Å². The summed E-state index contributed by atoms with van der Waals surface area (Å²) in [5.41, 5.74) is -4.32. The molecular weight excluding hydrogens is 1370 g/mol. The van der Waals surface area contributed by atoms with Crippen LogP contribution in [0.1, 0.15) is 340 Å². The lowest BCUT2D eigenvalue weighted by atomic mass is 9.54. The Balaban J connectivity index is 0.000000143. The molecule has 19 nitrogen and oxygen atoms in total. The maximum atomic E-state index is 13.0. The average Bonchev–Trinajstić information content (AvgIpc) is 0.967. The van der Waals surface area contributed by atoms with Gasteiger partial charge in [-0.05, 0) is 351 Å². The summed E-state index contributed by atoms with van der Waals surface area (Å²) in [5.74, 6) is 7.76. The largest absolute Gasteiger partial charge is 0.462 e.